The fourth-order valence-electron chi connectivity index (χ4n) is 4.18. The molecule has 0 aliphatic carbocycles. The molecule has 0 aromatic carbocycles. The van der Waals surface area contributed by atoms with E-state index in [2.05, 4.69) is 13.8 Å². The first-order valence-corrected chi connectivity index (χ1v) is 17.9. The molecule has 0 aromatic heterocycles. The minimum Gasteiger partial charge on any atom is -0.379 e. The van der Waals surface area contributed by atoms with Crippen LogP contribution in [0.1, 0.15) is 149 Å². The Kier molecular flexibility index (Phi) is 30.8. The summed E-state index contributed by atoms with van der Waals surface area (Å²) in [5.74, 6) is 0.672. The van der Waals surface area contributed by atoms with E-state index in [0.717, 1.165) is 26.1 Å². The molecule has 0 radical (unpaired) electrons. The van der Waals surface area contributed by atoms with E-state index in [1.54, 1.807) is 0 Å². The molecule has 0 aliphatic rings. The van der Waals surface area contributed by atoms with E-state index in [1.165, 1.54) is 127 Å². The van der Waals surface area contributed by atoms with E-state index in [1.807, 2.05) is 6.92 Å². The second kappa shape index (κ2) is 30.6. The van der Waals surface area contributed by atoms with Gasteiger partial charge in [-0.2, -0.15) is 0 Å². The van der Waals surface area contributed by atoms with Crippen molar-refractivity contribution < 1.29 is 18.6 Å². The van der Waals surface area contributed by atoms with E-state index in [0.29, 0.717) is 19.0 Å². The van der Waals surface area contributed by atoms with Gasteiger partial charge in [0.05, 0.1) is 18.5 Å². The summed E-state index contributed by atoms with van der Waals surface area (Å²) in [4.78, 5) is 0. The maximum atomic E-state index is 11.9. The van der Waals surface area contributed by atoms with Crippen LogP contribution in [0.2, 0.25) is 0 Å². The van der Waals surface area contributed by atoms with Crippen LogP contribution < -0.4 is 0 Å². The highest BCUT2D eigenvalue weighted by Gasteiger charge is 2.23. The standard InChI is InChI=1S/C29H60O4PS/c1-4-7-9-11-13-15-17-19-21-23-25-31-27-29(28-35-34(30)33-6-3)32-26-24-22-20-18-16-14-12-10-8-5-2/h29H,4-28H2,1-3H3/q+1. The van der Waals surface area contributed by atoms with Gasteiger partial charge in [-0.1, -0.05) is 129 Å². The van der Waals surface area contributed by atoms with Gasteiger partial charge in [-0.3, -0.25) is 0 Å². The highest BCUT2D eigenvalue weighted by atomic mass is 32.7. The van der Waals surface area contributed by atoms with Gasteiger partial charge in [0.1, 0.15) is 6.61 Å². The van der Waals surface area contributed by atoms with Gasteiger partial charge in [0.25, 0.3) is 0 Å². The monoisotopic (exact) mass is 535 g/mol. The number of hydrogen-bond acceptors (Lipinski definition) is 5. The van der Waals surface area contributed by atoms with Crippen molar-refractivity contribution in [3.05, 3.63) is 0 Å². The molecular formula is C29H60O4PS+. The molecule has 6 heteroatoms. The molecule has 210 valence electrons. The van der Waals surface area contributed by atoms with Crippen LogP contribution in [0.25, 0.3) is 0 Å². The van der Waals surface area contributed by atoms with Crippen molar-refractivity contribution in [2.75, 3.05) is 32.2 Å². The Morgan fingerprint density at radius 3 is 1.49 bits per heavy atom. The molecule has 0 saturated carbocycles. The van der Waals surface area contributed by atoms with Gasteiger partial charge in [-0.05, 0) is 24.3 Å². The smallest absolute Gasteiger partial charge is 0.379 e. The van der Waals surface area contributed by atoms with Crippen LogP contribution in [0, 0.1) is 0 Å². The van der Waals surface area contributed by atoms with Crippen molar-refractivity contribution >= 4 is 18.6 Å². The Bertz CT molecular complexity index is 425. The average Bonchev–Trinajstić information content (AvgIpc) is 2.86. The van der Waals surface area contributed by atoms with Crippen LogP contribution in [0.4, 0.5) is 0 Å². The molecule has 2 unspecified atom stereocenters. The Morgan fingerprint density at radius 1 is 0.600 bits per heavy atom. The highest BCUT2D eigenvalue weighted by Crippen LogP contribution is 2.39. The predicted molar refractivity (Wildman–Crippen MR) is 156 cm³/mol. The first-order chi connectivity index (χ1) is 17.2. The van der Waals surface area contributed by atoms with Gasteiger partial charge in [0.15, 0.2) is 11.4 Å². The molecular weight excluding hydrogens is 475 g/mol. The molecule has 0 bridgehead atoms. The fraction of sp³-hybridized carbons (Fsp3) is 1.00. The number of unbranched alkanes of at least 4 members (excludes halogenated alkanes) is 18. The average molecular weight is 536 g/mol. The van der Waals surface area contributed by atoms with Gasteiger partial charge in [-0.25, -0.2) is 0 Å². The minimum atomic E-state index is -1.65. The second-order valence-corrected chi connectivity index (χ2v) is 12.8. The molecule has 0 amide bonds. The number of ether oxygens (including phenoxy) is 2. The molecule has 0 heterocycles. The van der Waals surface area contributed by atoms with Crippen molar-refractivity contribution in [2.24, 2.45) is 0 Å². The van der Waals surface area contributed by atoms with Gasteiger partial charge in [-0.15, -0.1) is 4.52 Å². The molecule has 0 aliphatic heterocycles. The van der Waals surface area contributed by atoms with Crippen LogP contribution in [0.3, 0.4) is 0 Å². The summed E-state index contributed by atoms with van der Waals surface area (Å²) in [6.07, 6.45) is 26.7. The molecule has 35 heavy (non-hydrogen) atoms. The first kappa shape index (κ1) is 35.3. The Balaban J connectivity index is 3.79. The second-order valence-electron chi connectivity index (χ2n) is 9.87. The van der Waals surface area contributed by atoms with E-state index >= 15 is 0 Å². The molecule has 0 aromatic rings. The summed E-state index contributed by atoms with van der Waals surface area (Å²) >= 11 is 1.36. The van der Waals surface area contributed by atoms with Crippen molar-refractivity contribution in [3.8, 4) is 0 Å². The zero-order valence-corrected chi connectivity index (χ0v) is 25.5. The van der Waals surface area contributed by atoms with Gasteiger partial charge < -0.3 is 9.47 Å². The normalized spacial score (nSPS) is 12.8. The Morgan fingerprint density at radius 2 is 1.03 bits per heavy atom. The van der Waals surface area contributed by atoms with Crippen LogP contribution in [0.15, 0.2) is 0 Å². The minimum absolute atomic E-state index is 0.00101. The topological polar surface area (TPSA) is 44.8 Å². The first-order valence-electron chi connectivity index (χ1n) is 15.2. The zero-order chi connectivity index (χ0) is 25.7. The van der Waals surface area contributed by atoms with E-state index in [9.17, 15) is 4.57 Å². The lowest BCUT2D eigenvalue weighted by atomic mass is 10.1. The lowest BCUT2D eigenvalue weighted by Gasteiger charge is -2.16. The lowest BCUT2D eigenvalue weighted by Crippen LogP contribution is -2.23. The van der Waals surface area contributed by atoms with Gasteiger partial charge in [0, 0.05) is 13.2 Å². The molecule has 0 N–H and O–H groups in total. The third-order valence-corrected chi connectivity index (χ3v) is 8.99. The summed E-state index contributed by atoms with van der Waals surface area (Å²) in [6.45, 7) is 9.08. The Hall–Kier alpha value is 0.330. The molecule has 0 fully saturated rings. The Labute approximate surface area is 224 Å². The number of hydrogen-bond donors (Lipinski definition) is 0. The van der Waals surface area contributed by atoms with Crippen LogP contribution in [-0.2, 0) is 18.6 Å². The van der Waals surface area contributed by atoms with Crippen molar-refractivity contribution in [1.29, 1.82) is 0 Å². The quantitative estimate of drug-likeness (QED) is 0.0676. The van der Waals surface area contributed by atoms with Gasteiger partial charge in [0.2, 0.25) is 0 Å². The van der Waals surface area contributed by atoms with Gasteiger partial charge >= 0.3 is 7.23 Å². The van der Waals surface area contributed by atoms with E-state index in [4.69, 9.17) is 14.0 Å². The molecule has 0 spiro atoms. The maximum absolute atomic E-state index is 11.9. The molecule has 0 rings (SSSR count). The lowest BCUT2D eigenvalue weighted by molar-refractivity contribution is -0.00612. The fourth-order valence-corrected chi connectivity index (χ4v) is 6.35. The number of rotatable bonds is 30. The van der Waals surface area contributed by atoms with Crippen molar-refractivity contribution in [1.82, 2.24) is 0 Å². The summed E-state index contributed by atoms with van der Waals surface area (Å²) in [6, 6.07) is 0. The van der Waals surface area contributed by atoms with Crippen LogP contribution >= 0.6 is 18.6 Å². The van der Waals surface area contributed by atoms with Crippen LogP contribution in [-0.4, -0.2) is 38.3 Å². The highest BCUT2D eigenvalue weighted by molar-refractivity contribution is 8.50. The van der Waals surface area contributed by atoms with Crippen molar-refractivity contribution in [3.63, 3.8) is 0 Å². The predicted octanol–water partition coefficient (Wildman–Crippen LogP) is 10.7. The molecule has 2 atom stereocenters. The third-order valence-electron chi connectivity index (χ3n) is 6.40. The third kappa shape index (κ3) is 28.7. The molecule has 0 saturated heterocycles. The SMILES string of the molecule is CCCCCCCCCCCCOCC(CS[P+](=O)OCC)OCCCCCCCCCCCC. The summed E-state index contributed by atoms with van der Waals surface area (Å²) in [5, 5.41) is 0. The van der Waals surface area contributed by atoms with E-state index < -0.39 is 7.23 Å². The largest absolute Gasteiger partial charge is 0.585 e. The summed E-state index contributed by atoms with van der Waals surface area (Å²) in [5.41, 5.74) is 0. The maximum Gasteiger partial charge on any atom is 0.585 e. The molecule has 4 nitrogen and oxygen atoms in total. The van der Waals surface area contributed by atoms with E-state index in [-0.39, 0.29) is 6.10 Å². The van der Waals surface area contributed by atoms with Crippen LogP contribution in [0.5, 0.6) is 0 Å². The summed E-state index contributed by atoms with van der Waals surface area (Å²) in [7, 11) is -1.65. The van der Waals surface area contributed by atoms with Crippen molar-refractivity contribution in [2.45, 2.75) is 155 Å². The zero-order valence-electron chi connectivity index (χ0n) is 23.7. The summed E-state index contributed by atoms with van der Waals surface area (Å²) < 4.78 is 29.1.